The maximum Gasteiger partial charge on any atom is 0.247 e. The smallest absolute Gasteiger partial charge is 0.235 e. The predicted molar refractivity (Wildman–Crippen MR) is 115 cm³/mol. The molecular formula is C24H15F5N4. The van der Waals surface area contributed by atoms with Crippen LogP contribution in [-0.2, 0) is 0 Å². The number of benzene rings is 3. The average molecular weight is 454 g/mol. The number of aromatic nitrogens is 2. The van der Waals surface area contributed by atoms with Crippen LogP contribution in [0.2, 0.25) is 0 Å². The Morgan fingerprint density at radius 2 is 1.09 bits per heavy atom. The lowest BCUT2D eigenvalue weighted by Crippen LogP contribution is -2.15. The number of hydrogen-bond acceptors (Lipinski definition) is 4. The lowest BCUT2D eigenvalue weighted by atomic mass is 10.1. The lowest BCUT2D eigenvalue weighted by molar-refractivity contribution is 0.377. The molecule has 1 heterocycles. The highest BCUT2D eigenvalue weighted by Crippen LogP contribution is 2.26. The second-order valence-corrected chi connectivity index (χ2v) is 6.92. The summed E-state index contributed by atoms with van der Waals surface area (Å²) in [5, 5.41) is 4.90. The van der Waals surface area contributed by atoms with E-state index < -0.39 is 34.6 Å². The minimum absolute atomic E-state index is 0.0512. The van der Waals surface area contributed by atoms with Gasteiger partial charge in [-0.05, 0) is 6.07 Å². The van der Waals surface area contributed by atoms with Crippen LogP contribution in [0.1, 0.15) is 5.56 Å². The molecule has 0 aliphatic carbocycles. The van der Waals surface area contributed by atoms with Crippen LogP contribution in [0.3, 0.4) is 0 Å². The van der Waals surface area contributed by atoms with Gasteiger partial charge >= 0.3 is 0 Å². The standard InChI is InChI=1S/C24H15F5N4/c1-33(30-13-16-19(25)21(27)23(29)22(28)20(16)26)24-31-17(14-8-4-2-5-9-14)12-18(32-24)15-10-6-3-7-11-15/h2-13H,1H3/b30-13+. The van der Waals surface area contributed by atoms with Crippen molar-refractivity contribution in [3.63, 3.8) is 0 Å². The molecule has 0 unspecified atom stereocenters. The fourth-order valence-electron chi connectivity index (χ4n) is 3.02. The first-order chi connectivity index (χ1) is 15.9. The molecule has 0 saturated carbocycles. The highest BCUT2D eigenvalue weighted by molar-refractivity contribution is 5.81. The van der Waals surface area contributed by atoms with E-state index in [0.29, 0.717) is 17.6 Å². The molecule has 0 radical (unpaired) electrons. The molecule has 166 valence electrons. The minimum Gasteiger partial charge on any atom is -0.235 e. The summed E-state index contributed by atoms with van der Waals surface area (Å²) < 4.78 is 68.1. The molecule has 0 aliphatic heterocycles. The van der Waals surface area contributed by atoms with Crippen LogP contribution >= 0.6 is 0 Å². The van der Waals surface area contributed by atoms with Crippen LogP contribution in [-0.4, -0.2) is 23.2 Å². The summed E-state index contributed by atoms with van der Waals surface area (Å²) in [7, 11) is 1.39. The number of hydrogen-bond donors (Lipinski definition) is 0. The number of anilines is 1. The molecule has 0 spiro atoms. The highest BCUT2D eigenvalue weighted by atomic mass is 19.2. The first-order valence-electron chi connectivity index (χ1n) is 9.66. The van der Waals surface area contributed by atoms with Gasteiger partial charge in [-0.1, -0.05) is 60.7 Å². The Bertz CT molecular complexity index is 1240. The zero-order chi connectivity index (χ0) is 23.5. The van der Waals surface area contributed by atoms with Crippen LogP contribution in [0.15, 0.2) is 71.8 Å². The second-order valence-electron chi connectivity index (χ2n) is 6.92. The van der Waals surface area contributed by atoms with E-state index >= 15 is 0 Å². The fourth-order valence-corrected chi connectivity index (χ4v) is 3.02. The Labute approximate surface area is 185 Å². The van der Waals surface area contributed by atoms with E-state index in [1.165, 1.54) is 7.05 Å². The molecule has 4 aromatic rings. The number of hydrazone groups is 1. The Morgan fingerprint density at radius 1 is 0.667 bits per heavy atom. The van der Waals surface area contributed by atoms with Crippen molar-refractivity contribution >= 4 is 12.2 Å². The van der Waals surface area contributed by atoms with Crippen molar-refractivity contribution in [1.29, 1.82) is 0 Å². The number of nitrogens with zero attached hydrogens (tertiary/aromatic N) is 4. The first-order valence-corrected chi connectivity index (χ1v) is 9.66. The van der Waals surface area contributed by atoms with E-state index in [1.807, 2.05) is 60.7 Å². The summed E-state index contributed by atoms with van der Waals surface area (Å²) in [4.78, 5) is 8.88. The summed E-state index contributed by atoms with van der Waals surface area (Å²) in [5.41, 5.74) is 1.52. The second kappa shape index (κ2) is 9.15. The van der Waals surface area contributed by atoms with Gasteiger partial charge in [0.1, 0.15) is 0 Å². The number of halogens is 5. The molecule has 4 rings (SSSR count). The summed E-state index contributed by atoms with van der Waals surface area (Å²) in [6, 6.07) is 20.2. The van der Waals surface area contributed by atoms with Gasteiger partial charge in [-0.25, -0.2) is 36.9 Å². The SMILES string of the molecule is CN(/N=C/c1c(F)c(F)c(F)c(F)c1F)c1nc(-c2ccccc2)cc(-c2ccccc2)n1. The van der Waals surface area contributed by atoms with Gasteiger partial charge in [0.25, 0.3) is 0 Å². The van der Waals surface area contributed by atoms with Gasteiger partial charge in [0, 0.05) is 18.2 Å². The van der Waals surface area contributed by atoms with E-state index in [9.17, 15) is 22.0 Å². The van der Waals surface area contributed by atoms with Crippen molar-refractivity contribution in [3.8, 4) is 22.5 Å². The molecule has 3 aromatic carbocycles. The Morgan fingerprint density at radius 3 is 1.55 bits per heavy atom. The Hall–Kier alpha value is -4.14. The van der Waals surface area contributed by atoms with Gasteiger partial charge in [-0.15, -0.1) is 0 Å². The molecule has 0 atom stereocenters. The van der Waals surface area contributed by atoms with Crippen molar-refractivity contribution in [1.82, 2.24) is 9.97 Å². The van der Waals surface area contributed by atoms with Crippen molar-refractivity contribution in [3.05, 3.63) is 101 Å². The number of rotatable bonds is 5. The van der Waals surface area contributed by atoms with Crippen LogP contribution in [0.4, 0.5) is 27.9 Å². The molecule has 0 saturated heterocycles. The lowest BCUT2D eigenvalue weighted by Gasteiger charge is -2.14. The third kappa shape index (κ3) is 4.43. The third-order valence-electron chi connectivity index (χ3n) is 4.75. The molecule has 0 amide bonds. The third-order valence-corrected chi connectivity index (χ3v) is 4.75. The van der Waals surface area contributed by atoms with Crippen LogP contribution in [0.5, 0.6) is 0 Å². The van der Waals surface area contributed by atoms with Crippen LogP contribution < -0.4 is 5.01 Å². The molecule has 0 bridgehead atoms. The zero-order valence-electron chi connectivity index (χ0n) is 17.1. The summed E-state index contributed by atoms with van der Waals surface area (Å²) >= 11 is 0. The van der Waals surface area contributed by atoms with E-state index in [4.69, 9.17) is 0 Å². The first kappa shape index (κ1) is 22.1. The van der Waals surface area contributed by atoms with Crippen LogP contribution in [0.25, 0.3) is 22.5 Å². The van der Waals surface area contributed by atoms with Gasteiger partial charge in [-0.3, -0.25) is 0 Å². The molecule has 0 aliphatic rings. The average Bonchev–Trinajstić information content (AvgIpc) is 2.87. The van der Waals surface area contributed by atoms with Crippen molar-refractivity contribution in [2.45, 2.75) is 0 Å². The minimum atomic E-state index is -2.23. The highest BCUT2D eigenvalue weighted by Gasteiger charge is 2.25. The predicted octanol–water partition coefficient (Wildman–Crippen LogP) is 5.98. The van der Waals surface area contributed by atoms with E-state index in [1.54, 1.807) is 6.07 Å². The van der Waals surface area contributed by atoms with E-state index in [0.717, 1.165) is 16.1 Å². The normalized spacial score (nSPS) is 11.2. The van der Waals surface area contributed by atoms with Crippen molar-refractivity contribution < 1.29 is 22.0 Å². The van der Waals surface area contributed by atoms with E-state index in [2.05, 4.69) is 15.1 Å². The van der Waals surface area contributed by atoms with Crippen LogP contribution in [0, 0.1) is 29.1 Å². The molecule has 1 aromatic heterocycles. The van der Waals surface area contributed by atoms with Gasteiger partial charge in [0.15, 0.2) is 23.3 Å². The zero-order valence-corrected chi connectivity index (χ0v) is 17.1. The van der Waals surface area contributed by atoms with Gasteiger partial charge in [-0.2, -0.15) is 5.10 Å². The molecular weight excluding hydrogens is 439 g/mol. The summed E-state index contributed by atoms with van der Waals surface area (Å²) in [5.74, 6) is -10.2. The quantitative estimate of drug-likeness (QED) is 0.123. The van der Waals surface area contributed by atoms with Gasteiger partial charge in [0.05, 0.1) is 23.2 Å². The van der Waals surface area contributed by atoms with Crippen molar-refractivity contribution in [2.75, 3.05) is 12.1 Å². The maximum atomic E-state index is 14.0. The molecule has 33 heavy (non-hydrogen) atoms. The Kier molecular flexibility index (Phi) is 6.12. The topological polar surface area (TPSA) is 41.4 Å². The van der Waals surface area contributed by atoms with Gasteiger partial charge < -0.3 is 0 Å². The molecule has 4 nitrogen and oxygen atoms in total. The largest absolute Gasteiger partial charge is 0.247 e. The maximum absolute atomic E-state index is 14.0. The monoisotopic (exact) mass is 454 g/mol. The van der Waals surface area contributed by atoms with Crippen molar-refractivity contribution in [2.24, 2.45) is 5.10 Å². The van der Waals surface area contributed by atoms with Gasteiger partial charge in [0.2, 0.25) is 11.8 Å². The summed E-state index contributed by atoms with van der Waals surface area (Å²) in [6.07, 6.45) is 0.539. The van der Waals surface area contributed by atoms with E-state index in [-0.39, 0.29) is 5.95 Å². The molecule has 0 N–H and O–H groups in total. The summed E-state index contributed by atoms with van der Waals surface area (Å²) in [6.45, 7) is 0. The molecule has 0 fully saturated rings. The fraction of sp³-hybridized carbons (Fsp3) is 0.0417. The molecule has 9 heteroatoms. The Balaban J connectivity index is 1.77.